The van der Waals surface area contributed by atoms with Crippen molar-refractivity contribution in [3.05, 3.63) is 46.5 Å². The van der Waals surface area contributed by atoms with Gasteiger partial charge in [-0.15, -0.1) is 0 Å². The van der Waals surface area contributed by atoms with E-state index in [2.05, 4.69) is 17.2 Å². The number of aromatic amines is 1. The molecular weight excluding hydrogens is 293 g/mol. The summed E-state index contributed by atoms with van der Waals surface area (Å²) in [6, 6.07) is 5.42. The molecule has 0 bridgehead atoms. The molecule has 1 atom stereocenters. The Morgan fingerprint density at radius 3 is 2.65 bits per heavy atom. The van der Waals surface area contributed by atoms with Crippen LogP contribution >= 0.6 is 0 Å². The predicted octanol–water partition coefficient (Wildman–Crippen LogP) is 3.87. The third-order valence-electron chi connectivity index (χ3n) is 4.20. The van der Waals surface area contributed by atoms with Crippen LogP contribution in [0.5, 0.6) is 0 Å². The van der Waals surface area contributed by atoms with Gasteiger partial charge >= 0.3 is 0 Å². The second-order valence-electron chi connectivity index (χ2n) is 5.65. The van der Waals surface area contributed by atoms with Crippen molar-refractivity contribution in [2.75, 3.05) is 7.05 Å². The number of halogens is 1. The van der Waals surface area contributed by atoms with Gasteiger partial charge in [-0.05, 0) is 36.5 Å². The van der Waals surface area contributed by atoms with Gasteiger partial charge in [0.1, 0.15) is 17.6 Å². The van der Waals surface area contributed by atoms with Gasteiger partial charge in [0.2, 0.25) is 0 Å². The first-order chi connectivity index (χ1) is 10.9. The van der Waals surface area contributed by atoms with Crippen LogP contribution in [0.25, 0.3) is 11.1 Å². The van der Waals surface area contributed by atoms with Gasteiger partial charge in [-0.2, -0.15) is 5.26 Å². The van der Waals surface area contributed by atoms with Crippen molar-refractivity contribution in [3.8, 4) is 17.2 Å². The number of H-pyrrole nitrogens is 1. The van der Waals surface area contributed by atoms with E-state index >= 15 is 0 Å². The smallest absolute Gasteiger partial charge is 0.253 e. The third-order valence-corrected chi connectivity index (χ3v) is 4.20. The van der Waals surface area contributed by atoms with Crippen molar-refractivity contribution in [1.29, 1.82) is 5.26 Å². The van der Waals surface area contributed by atoms with Gasteiger partial charge in [-0.3, -0.25) is 4.79 Å². The molecule has 0 saturated carbocycles. The Morgan fingerprint density at radius 2 is 2.13 bits per heavy atom. The molecule has 1 aromatic carbocycles. The van der Waals surface area contributed by atoms with Gasteiger partial charge in [0, 0.05) is 24.4 Å². The van der Waals surface area contributed by atoms with E-state index in [1.807, 2.05) is 19.1 Å². The fourth-order valence-corrected chi connectivity index (χ4v) is 2.69. The largest absolute Gasteiger partial charge is 0.355 e. The lowest BCUT2D eigenvalue weighted by atomic mass is 9.90. The van der Waals surface area contributed by atoms with Crippen LogP contribution in [0.15, 0.2) is 18.3 Å². The molecule has 0 aliphatic rings. The molecule has 0 aliphatic carbocycles. The fraction of sp³-hybridized carbons (Fsp3) is 0.333. The van der Waals surface area contributed by atoms with Gasteiger partial charge < -0.3 is 10.3 Å². The normalized spacial score (nSPS) is 11.8. The molecule has 1 aromatic heterocycles. The molecule has 5 heteroatoms. The van der Waals surface area contributed by atoms with E-state index < -0.39 is 5.82 Å². The summed E-state index contributed by atoms with van der Waals surface area (Å²) in [5.41, 5.74) is 2.69. The standard InChI is InChI=1S/C18H20FN3O/c1-5-10(2)12-6-11(3)16(14(19)7-12)17-13(18(23)21-4)9-22-15(17)8-20/h6-7,9-10,22H,5H2,1-4H3,(H,21,23). The molecule has 0 aliphatic heterocycles. The second kappa shape index (κ2) is 6.66. The highest BCUT2D eigenvalue weighted by molar-refractivity contribution is 6.02. The minimum Gasteiger partial charge on any atom is -0.355 e. The molecule has 2 aromatic rings. The number of nitrogens with one attached hydrogen (secondary N) is 2. The fourth-order valence-electron chi connectivity index (χ4n) is 2.69. The highest BCUT2D eigenvalue weighted by atomic mass is 19.1. The van der Waals surface area contributed by atoms with E-state index in [9.17, 15) is 14.4 Å². The minimum absolute atomic E-state index is 0.182. The van der Waals surface area contributed by atoms with E-state index in [0.717, 1.165) is 12.0 Å². The number of benzene rings is 1. The van der Waals surface area contributed by atoms with E-state index in [4.69, 9.17) is 0 Å². The van der Waals surface area contributed by atoms with Crippen molar-refractivity contribution in [3.63, 3.8) is 0 Å². The maximum atomic E-state index is 14.8. The van der Waals surface area contributed by atoms with Crippen LogP contribution in [0, 0.1) is 24.1 Å². The summed E-state index contributed by atoms with van der Waals surface area (Å²) in [6.45, 7) is 5.89. The van der Waals surface area contributed by atoms with Crippen molar-refractivity contribution in [2.45, 2.75) is 33.1 Å². The van der Waals surface area contributed by atoms with E-state index in [1.54, 1.807) is 6.92 Å². The number of nitriles is 1. The monoisotopic (exact) mass is 313 g/mol. The van der Waals surface area contributed by atoms with Crippen LogP contribution in [0.4, 0.5) is 4.39 Å². The number of amides is 1. The topological polar surface area (TPSA) is 68.7 Å². The first kappa shape index (κ1) is 16.8. The summed E-state index contributed by atoms with van der Waals surface area (Å²) < 4.78 is 14.8. The summed E-state index contributed by atoms with van der Waals surface area (Å²) >= 11 is 0. The average molecular weight is 313 g/mol. The molecule has 4 nitrogen and oxygen atoms in total. The zero-order valence-electron chi connectivity index (χ0n) is 13.7. The molecule has 1 unspecified atom stereocenters. The highest BCUT2D eigenvalue weighted by Gasteiger charge is 2.23. The lowest BCUT2D eigenvalue weighted by Crippen LogP contribution is -2.18. The number of rotatable bonds is 4. The average Bonchev–Trinajstić information content (AvgIpc) is 2.96. The molecule has 2 rings (SSSR count). The van der Waals surface area contributed by atoms with E-state index in [0.29, 0.717) is 16.7 Å². The SMILES string of the molecule is CCC(C)c1cc(C)c(-c2c(C(=O)NC)c[nH]c2C#N)c(F)c1. The second-order valence-corrected chi connectivity index (χ2v) is 5.65. The Morgan fingerprint density at radius 1 is 1.43 bits per heavy atom. The van der Waals surface area contributed by atoms with Crippen molar-refractivity contribution >= 4 is 5.91 Å². The van der Waals surface area contributed by atoms with E-state index in [1.165, 1.54) is 19.3 Å². The van der Waals surface area contributed by atoms with Crippen molar-refractivity contribution < 1.29 is 9.18 Å². The lowest BCUT2D eigenvalue weighted by Gasteiger charge is -2.15. The van der Waals surface area contributed by atoms with Gasteiger partial charge in [-0.1, -0.05) is 19.9 Å². The number of carbonyl (C=O) groups is 1. The number of hydrogen-bond donors (Lipinski definition) is 2. The maximum Gasteiger partial charge on any atom is 0.253 e. The summed E-state index contributed by atoms with van der Waals surface area (Å²) in [7, 11) is 1.50. The van der Waals surface area contributed by atoms with Crippen molar-refractivity contribution in [1.82, 2.24) is 10.3 Å². The molecule has 120 valence electrons. The summed E-state index contributed by atoms with van der Waals surface area (Å²) in [5, 5.41) is 11.8. The molecular formula is C18H20FN3O. The zero-order valence-corrected chi connectivity index (χ0v) is 13.7. The van der Waals surface area contributed by atoms with Crippen molar-refractivity contribution in [2.24, 2.45) is 0 Å². The number of carbonyl (C=O) groups excluding carboxylic acids is 1. The minimum atomic E-state index is -0.415. The maximum absolute atomic E-state index is 14.8. The first-order valence-electron chi connectivity index (χ1n) is 7.58. The Labute approximate surface area is 135 Å². The summed E-state index contributed by atoms with van der Waals surface area (Å²) in [6.07, 6.45) is 2.35. The number of nitrogens with zero attached hydrogens (tertiary/aromatic N) is 1. The zero-order chi connectivity index (χ0) is 17.1. The number of aryl methyl sites for hydroxylation is 1. The Bertz CT molecular complexity index is 763. The molecule has 0 saturated heterocycles. The quantitative estimate of drug-likeness (QED) is 0.899. The molecule has 2 N–H and O–H groups in total. The predicted molar refractivity (Wildman–Crippen MR) is 87.7 cm³/mol. The molecule has 0 spiro atoms. The van der Waals surface area contributed by atoms with Crippen LogP contribution < -0.4 is 5.32 Å². The summed E-state index contributed by atoms with van der Waals surface area (Å²) in [5.74, 6) is -0.526. The van der Waals surface area contributed by atoms with Gasteiger partial charge in [0.05, 0.1) is 5.56 Å². The van der Waals surface area contributed by atoms with Crippen LogP contribution in [-0.4, -0.2) is 17.9 Å². The Balaban J connectivity index is 2.71. The van der Waals surface area contributed by atoms with E-state index in [-0.39, 0.29) is 23.1 Å². The molecule has 23 heavy (non-hydrogen) atoms. The molecule has 0 radical (unpaired) electrons. The van der Waals surface area contributed by atoms with Crippen LogP contribution in [-0.2, 0) is 0 Å². The number of hydrogen-bond acceptors (Lipinski definition) is 2. The van der Waals surface area contributed by atoms with Gasteiger partial charge in [-0.25, -0.2) is 4.39 Å². The van der Waals surface area contributed by atoms with Crippen LogP contribution in [0.3, 0.4) is 0 Å². The lowest BCUT2D eigenvalue weighted by molar-refractivity contribution is 0.0964. The van der Waals surface area contributed by atoms with Crippen LogP contribution in [0.1, 0.15) is 53.4 Å². The summed E-state index contributed by atoms with van der Waals surface area (Å²) in [4.78, 5) is 14.8. The molecule has 1 amide bonds. The molecule has 1 heterocycles. The van der Waals surface area contributed by atoms with Crippen LogP contribution in [0.2, 0.25) is 0 Å². The third kappa shape index (κ3) is 2.98. The Hall–Kier alpha value is -2.61. The molecule has 0 fully saturated rings. The highest BCUT2D eigenvalue weighted by Crippen LogP contribution is 2.35. The Kier molecular flexibility index (Phi) is 4.85. The van der Waals surface area contributed by atoms with Gasteiger partial charge in [0.25, 0.3) is 5.91 Å². The number of aromatic nitrogens is 1. The van der Waals surface area contributed by atoms with Gasteiger partial charge in [0.15, 0.2) is 0 Å². The first-order valence-corrected chi connectivity index (χ1v) is 7.58.